The summed E-state index contributed by atoms with van der Waals surface area (Å²) in [5.41, 5.74) is 2.87. The largest absolute Gasteiger partial charge is 0.115 e. The van der Waals surface area contributed by atoms with Gasteiger partial charge in [0.1, 0.15) is 0 Å². The molecule has 0 atom stereocenters. The van der Waals surface area contributed by atoms with Gasteiger partial charge in [0, 0.05) is 20.3 Å². The van der Waals surface area contributed by atoms with Crippen molar-refractivity contribution in [2.24, 2.45) is 0 Å². The van der Waals surface area contributed by atoms with Crippen LogP contribution in [0.2, 0.25) is 0 Å². The van der Waals surface area contributed by atoms with Gasteiger partial charge in [0.25, 0.3) is 0 Å². The topological polar surface area (TPSA) is 0 Å². The molecule has 0 fully saturated rings. The Labute approximate surface area is 115 Å². The maximum atomic E-state index is 5.29. The Morgan fingerprint density at radius 3 is 1.59 bits per heavy atom. The van der Waals surface area contributed by atoms with E-state index >= 15 is 0 Å². The van der Waals surface area contributed by atoms with Gasteiger partial charge in [-0.25, -0.2) is 0 Å². The molecule has 0 heterocycles. The van der Waals surface area contributed by atoms with Crippen LogP contribution in [0.1, 0.15) is 16.7 Å². The number of benzene rings is 2. The standard InChI is InChI=1S/C16H9I/c1-2-13-3-5-14(6-4-13)7-8-15-9-11-16(17)12-10-15/h1,3-6,9-12H. The second-order valence-electron chi connectivity index (χ2n) is 3.48. The van der Waals surface area contributed by atoms with E-state index in [1.165, 1.54) is 3.57 Å². The molecule has 0 bridgehead atoms. The summed E-state index contributed by atoms with van der Waals surface area (Å²) in [7, 11) is 0. The monoisotopic (exact) mass is 328 g/mol. The first-order valence-corrected chi connectivity index (χ1v) is 6.20. The zero-order valence-corrected chi connectivity index (χ0v) is 11.2. The lowest BCUT2D eigenvalue weighted by atomic mass is 10.1. The molecule has 0 spiro atoms. The molecule has 0 N–H and O–H groups in total. The van der Waals surface area contributed by atoms with Crippen molar-refractivity contribution in [3.63, 3.8) is 0 Å². The van der Waals surface area contributed by atoms with Gasteiger partial charge in [0.05, 0.1) is 0 Å². The fourth-order valence-corrected chi connectivity index (χ4v) is 1.69. The summed E-state index contributed by atoms with van der Waals surface area (Å²) in [5, 5.41) is 0. The molecule has 0 radical (unpaired) electrons. The summed E-state index contributed by atoms with van der Waals surface area (Å²) in [6, 6.07) is 15.8. The van der Waals surface area contributed by atoms with Gasteiger partial charge in [-0.2, -0.15) is 0 Å². The maximum Gasteiger partial charge on any atom is 0.0249 e. The second kappa shape index (κ2) is 5.57. The quantitative estimate of drug-likeness (QED) is 0.511. The first kappa shape index (κ1) is 11.8. The van der Waals surface area contributed by atoms with Crippen LogP contribution in [0.5, 0.6) is 0 Å². The molecule has 0 saturated carbocycles. The maximum absolute atomic E-state index is 5.29. The third-order valence-corrected chi connectivity index (χ3v) is 2.97. The second-order valence-corrected chi connectivity index (χ2v) is 4.72. The third-order valence-electron chi connectivity index (χ3n) is 2.25. The average molecular weight is 328 g/mol. The van der Waals surface area contributed by atoms with Crippen molar-refractivity contribution in [2.45, 2.75) is 0 Å². The highest BCUT2D eigenvalue weighted by Gasteiger charge is 1.89. The average Bonchev–Trinajstić information content (AvgIpc) is 2.39. The number of rotatable bonds is 0. The highest BCUT2D eigenvalue weighted by molar-refractivity contribution is 14.1. The van der Waals surface area contributed by atoms with Crippen molar-refractivity contribution in [1.29, 1.82) is 0 Å². The van der Waals surface area contributed by atoms with Gasteiger partial charge in [0.15, 0.2) is 0 Å². The zero-order valence-electron chi connectivity index (χ0n) is 9.07. The van der Waals surface area contributed by atoms with Crippen LogP contribution in [0.3, 0.4) is 0 Å². The predicted octanol–water partition coefficient (Wildman–Crippen LogP) is 3.67. The molecular formula is C16H9I. The van der Waals surface area contributed by atoms with Crippen molar-refractivity contribution in [3.05, 3.63) is 68.8 Å². The Morgan fingerprint density at radius 2 is 1.12 bits per heavy atom. The van der Waals surface area contributed by atoms with Gasteiger partial charge < -0.3 is 0 Å². The van der Waals surface area contributed by atoms with E-state index in [4.69, 9.17) is 6.42 Å². The van der Waals surface area contributed by atoms with Crippen molar-refractivity contribution in [3.8, 4) is 24.2 Å². The lowest BCUT2D eigenvalue weighted by Gasteiger charge is -1.92. The molecule has 0 aliphatic heterocycles. The molecule has 0 aliphatic rings. The van der Waals surface area contributed by atoms with Crippen molar-refractivity contribution < 1.29 is 0 Å². The SMILES string of the molecule is C#Cc1ccc(C#Cc2ccc(I)cc2)cc1. The lowest BCUT2D eigenvalue weighted by Crippen LogP contribution is -1.78. The zero-order chi connectivity index (χ0) is 12.1. The molecule has 0 aliphatic carbocycles. The van der Waals surface area contributed by atoms with Crippen LogP contribution in [0, 0.1) is 27.8 Å². The number of hydrogen-bond acceptors (Lipinski definition) is 0. The molecule has 80 valence electrons. The number of hydrogen-bond donors (Lipinski definition) is 0. The normalized spacial score (nSPS) is 8.94. The Hall–Kier alpha value is -1.71. The Morgan fingerprint density at radius 1 is 0.706 bits per heavy atom. The van der Waals surface area contributed by atoms with Gasteiger partial charge in [-0.15, -0.1) is 6.42 Å². The van der Waals surface area contributed by atoms with E-state index in [2.05, 4.69) is 40.4 Å². The summed E-state index contributed by atoms with van der Waals surface area (Å²) in [5.74, 6) is 8.82. The molecule has 2 aromatic rings. The van der Waals surface area contributed by atoms with E-state index in [-0.39, 0.29) is 0 Å². The first-order chi connectivity index (χ1) is 8.28. The minimum atomic E-state index is 0.879. The summed E-state index contributed by atoms with van der Waals surface area (Å²) >= 11 is 2.28. The summed E-state index contributed by atoms with van der Waals surface area (Å²) in [6.45, 7) is 0. The van der Waals surface area contributed by atoms with Gasteiger partial charge in [-0.1, -0.05) is 17.8 Å². The van der Waals surface area contributed by atoms with Gasteiger partial charge in [-0.3, -0.25) is 0 Å². The first-order valence-electron chi connectivity index (χ1n) is 5.12. The fraction of sp³-hybridized carbons (Fsp3) is 0. The Balaban J connectivity index is 2.21. The minimum Gasteiger partial charge on any atom is -0.115 e. The third kappa shape index (κ3) is 3.37. The molecular weight excluding hydrogens is 319 g/mol. The van der Waals surface area contributed by atoms with Gasteiger partial charge in [-0.05, 0) is 71.1 Å². The molecule has 0 saturated heterocycles. The van der Waals surface area contributed by atoms with Crippen molar-refractivity contribution in [2.75, 3.05) is 0 Å². The Kier molecular flexibility index (Phi) is 3.85. The molecule has 2 rings (SSSR count). The van der Waals surface area contributed by atoms with Crippen LogP contribution in [0.25, 0.3) is 0 Å². The van der Waals surface area contributed by atoms with Crippen LogP contribution in [0.4, 0.5) is 0 Å². The Bertz CT molecular complexity index is 602. The molecule has 2 aromatic carbocycles. The van der Waals surface area contributed by atoms with E-state index in [1.807, 2.05) is 48.5 Å². The highest BCUT2D eigenvalue weighted by atomic mass is 127. The summed E-state index contributed by atoms with van der Waals surface area (Å²) in [6.07, 6.45) is 5.29. The summed E-state index contributed by atoms with van der Waals surface area (Å²) in [4.78, 5) is 0. The predicted molar refractivity (Wildman–Crippen MR) is 79.5 cm³/mol. The number of halogens is 1. The minimum absolute atomic E-state index is 0.879. The molecule has 0 aromatic heterocycles. The molecule has 0 unspecified atom stereocenters. The van der Waals surface area contributed by atoms with Gasteiger partial charge in [0.2, 0.25) is 0 Å². The molecule has 17 heavy (non-hydrogen) atoms. The molecule has 0 amide bonds. The van der Waals surface area contributed by atoms with Crippen molar-refractivity contribution >= 4 is 22.6 Å². The smallest absolute Gasteiger partial charge is 0.0249 e. The highest BCUT2D eigenvalue weighted by Crippen LogP contribution is 2.06. The van der Waals surface area contributed by atoms with Crippen LogP contribution in [-0.4, -0.2) is 0 Å². The van der Waals surface area contributed by atoms with Crippen LogP contribution in [0.15, 0.2) is 48.5 Å². The fourth-order valence-electron chi connectivity index (χ4n) is 1.33. The lowest BCUT2D eigenvalue weighted by molar-refractivity contribution is 1.58. The van der Waals surface area contributed by atoms with E-state index in [0.29, 0.717) is 0 Å². The van der Waals surface area contributed by atoms with Gasteiger partial charge >= 0.3 is 0 Å². The van der Waals surface area contributed by atoms with E-state index in [0.717, 1.165) is 16.7 Å². The van der Waals surface area contributed by atoms with Crippen molar-refractivity contribution in [1.82, 2.24) is 0 Å². The molecule has 0 nitrogen and oxygen atoms in total. The van der Waals surface area contributed by atoms with Crippen LogP contribution >= 0.6 is 22.6 Å². The van der Waals surface area contributed by atoms with E-state index in [9.17, 15) is 0 Å². The van der Waals surface area contributed by atoms with Crippen LogP contribution in [-0.2, 0) is 0 Å². The van der Waals surface area contributed by atoms with E-state index in [1.54, 1.807) is 0 Å². The van der Waals surface area contributed by atoms with Crippen LogP contribution < -0.4 is 0 Å². The molecule has 1 heteroatoms. The summed E-state index contributed by atoms with van der Waals surface area (Å²) < 4.78 is 1.21. The van der Waals surface area contributed by atoms with E-state index < -0.39 is 0 Å². The number of terminal acetylenes is 1.